The smallest absolute Gasteiger partial charge is 0.319 e. The van der Waals surface area contributed by atoms with E-state index in [9.17, 15) is 34.7 Å². The van der Waals surface area contributed by atoms with Crippen LogP contribution in [0.1, 0.15) is 64.3 Å². The van der Waals surface area contributed by atoms with Crippen molar-refractivity contribution in [2.24, 2.45) is 11.3 Å². The number of aliphatic hydroxyl groups excluding tert-OH is 1. The van der Waals surface area contributed by atoms with E-state index in [1.165, 1.54) is 17.0 Å². The Morgan fingerprint density at radius 3 is 2.51 bits per heavy atom. The highest BCUT2D eigenvalue weighted by Crippen LogP contribution is 2.43. The second-order valence-electron chi connectivity index (χ2n) is 21.9. The molecule has 3 aliphatic heterocycles. The third-order valence-electron chi connectivity index (χ3n) is 15.2. The van der Waals surface area contributed by atoms with Gasteiger partial charge in [0.1, 0.15) is 42.4 Å². The Morgan fingerprint density at radius 2 is 1.79 bits per heavy atom. The number of anilines is 1. The predicted octanol–water partition coefficient (Wildman–Crippen LogP) is 7.58. The van der Waals surface area contributed by atoms with Gasteiger partial charge >= 0.3 is 6.01 Å². The molecule has 3 aliphatic rings. The summed E-state index contributed by atoms with van der Waals surface area (Å²) in [6.45, 7) is 15.6. The van der Waals surface area contributed by atoms with Gasteiger partial charge in [0.2, 0.25) is 23.6 Å². The number of nitriles is 1. The van der Waals surface area contributed by atoms with Crippen molar-refractivity contribution in [3.05, 3.63) is 107 Å². The number of thiazole rings is 1. The van der Waals surface area contributed by atoms with Gasteiger partial charge in [0.25, 0.3) is 0 Å². The number of rotatable bonds is 18. The summed E-state index contributed by atoms with van der Waals surface area (Å²) in [5.74, 6) is -2.06. The van der Waals surface area contributed by atoms with Gasteiger partial charge in [-0.05, 0) is 89.9 Å². The number of hydrogen-bond acceptors (Lipinski definition) is 15. The molecular weight excluding hydrogens is 1060 g/mol. The van der Waals surface area contributed by atoms with Gasteiger partial charge in [0.05, 0.1) is 58.4 Å². The Labute approximate surface area is 473 Å². The van der Waals surface area contributed by atoms with Gasteiger partial charge in [-0.2, -0.15) is 15.2 Å². The number of nitrogens with zero attached hydrogens (tertiary/aromatic N) is 8. The van der Waals surface area contributed by atoms with Crippen molar-refractivity contribution < 1.29 is 43.3 Å². The van der Waals surface area contributed by atoms with E-state index in [1.54, 1.807) is 33.9 Å². The zero-order valence-electron chi connectivity index (χ0n) is 45.5. The number of amides is 4. The number of fused-ring (bicyclic) bond motifs is 2. The monoisotopic (exact) mass is 1130 g/mol. The normalized spacial score (nSPS) is 19.5. The number of phenolic OH excluding ortho intramolecular Hbond substituents is 1. The third kappa shape index (κ3) is 12.7. The number of piperazine rings is 1. The van der Waals surface area contributed by atoms with Crippen LogP contribution in [0.2, 0.25) is 5.02 Å². The van der Waals surface area contributed by atoms with Crippen molar-refractivity contribution >= 4 is 74.1 Å². The largest absolute Gasteiger partial charge is 0.508 e. The van der Waals surface area contributed by atoms with E-state index in [0.29, 0.717) is 53.7 Å². The fourth-order valence-electron chi connectivity index (χ4n) is 11.0. The van der Waals surface area contributed by atoms with Crippen LogP contribution in [0.15, 0.2) is 84.9 Å². The Hall–Kier alpha value is -7.28. The number of aryl methyl sites for hydroxylation is 1. The SMILES string of the molecule is C=CC(=O)N1CCN(c2nc(OCCN3CC[C@H](COCC(=O)N[C@H](C(=O)N4C[C@H](O)C[C@H]4C(=O)N[C@@H](C)c4ccc(-c5scnc5C)cc4)C(C)(C)C)C3)nc3c(F)c(-c4cc(O)cc5ccccc45)c(Cl)cc23)C[C@@H]1CC#N. The molecule has 0 unspecified atom stereocenters. The van der Waals surface area contributed by atoms with E-state index in [4.69, 9.17) is 26.1 Å². The number of halogens is 2. The van der Waals surface area contributed by atoms with Crippen molar-refractivity contribution in [3.63, 3.8) is 0 Å². The highest BCUT2D eigenvalue weighted by molar-refractivity contribution is 7.13. The molecule has 4 aromatic carbocycles. The van der Waals surface area contributed by atoms with Crippen molar-refractivity contribution in [2.45, 2.75) is 84.2 Å². The quantitative estimate of drug-likeness (QED) is 0.0609. The fourth-order valence-corrected chi connectivity index (χ4v) is 12.1. The minimum atomic E-state index is -1.02. The van der Waals surface area contributed by atoms with E-state index < -0.39 is 53.2 Å². The van der Waals surface area contributed by atoms with Crippen molar-refractivity contribution in [2.75, 3.05) is 70.5 Å². The number of likely N-dealkylation sites (tertiary alicyclic amines) is 2. The second-order valence-corrected chi connectivity index (χ2v) is 23.1. The molecule has 18 nitrogen and oxygen atoms in total. The maximum atomic E-state index is 17.2. The van der Waals surface area contributed by atoms with Gasteiger partial charge in [-0.25, -0.2) is 9.37 Å². The first-order chi connectivity index (χ1) is 38.3. The Bertz CT molecular complexity index is 3350. The summed E-state index contributed by atoms with van der Waals surface area (Å²) in [6.07, 6.45) is 1.18. The first-order valence-electron chi connectivity index (χ1n) is 26.8. The molecule has 0 aliphatic carbocycles. The van der Waals surface area contributed by atoms with E-state index in [0.717, 1.165) is 28.1 Å². The fraction of sp³-hybridized carbons (Fsp3) is 0.424. The number of phenols is 1. The minimum Gasteiger partial charge on any atom is -0.508 e. The molecular formula is C59H66ClFN10O8S. The van der Waals surface area contributed by atoms with Crippen molar-refractivity contribution in [1.29, 1.82) is 5.26 Å². The van der Waals surface area contributed by atoms with E-state index >= 15 is 4.39 Å². The molecule has 21 heteroatoms. The molecule has 3 fully saturated rings. The number of carbonyl (C=O) groups is 4. The summed E-state index contributed by atoms with van der Waals surface area (Å²) in [4.78, 5) is 76.2. The lowest BCUT2D eigenvalue weighted by Crippen LogP contribution is -2.58. The molecule has 0 saturated carbocycles. The molecule has 3 saturated heterocycles. The molecule has 0 radical (unpaired) electrons. The number of nitrogens with one attached hydrogen (secondary N) is 2. The standard InChI is InChI=1S/C59H66ClFN10O8S/c1-7-49(75)70-21-20-69(29-40(70)16-18-62)55-45-27-46(60)50(44-25-41(72)24-39-10-8-9-11-43(39)44)51(61)52(45)66-58(67-55)79-23-22-68-19-17-36(28-68)31-78-32-48(74)65-54(59(4,5)6)57(77)71-30-42(73)26-47(71)56(76)64-34(2)37-12-14-38(15-13-37)53-35(3)63-33-80-53/h7-15,24-25,27,33-34,36,40,42,47,54,72-73H,1,16-17,19-23,26,28-32H2,2-6H3,(H,64,76)(H,65,74)/t34-,36-,40-,42+,47-,54+/m0/s1. The van der Waals surface area contributed by atoms with Gasteiger partial charge in [-0.15, -0.1) is 11.3 Å². The summed E-state index contributed by atoms with van der Waals surface area (Å²) in [5, 5.41) is 38.8. The molecule has 2 aromatic heterocycles. The third-order valence-corrected chi connectivity index (χ3v) is 16.5. The topological polar surface area (TPSA) is 227 Å². The average Bonchev–Trinajstić information content (AvgIpc) is 4.28. The summed E-state index contributed by atoms with van der Waals surface area (Å²) < 4.78 is 29.4. The van der Waals surface area contributed by atoms with Gasteiger partial charge in [-0.3, -0.25) is 24.1 Å². The van der Waals surface area contributed by atoms with Crippen LogP contribution < -0.4 is 20.3 Å². The predicted molar refractivity (Wildman–Crippen MR) is 304 cm³/mol. The molecule has 5 heterocycles. The highest BCUT2D eigenvalue weighted by atomic mass is 35.5. The van der Waals surface area contributed by atoms with E-state index in [2.05, 4.69) is 38.1 Å². The summed E-state index contributed by atoms with van der Waals surface area (Å²) in [6, 6.07) is 19.0. The molecule has 4 N–H and O–H groups in total. The lowest BCUT2D eigenvalue weighted by atomic mass is 9.85. The van der Waals surface area contributed by atoms with Gasteiger partial charge < -0.3 is 45.0 Å². The molecule has 9 rings (SSSR count). The van der Waals surface area contributed by atoms with E-state index in [1.807, 2.05) is 88.0 Å². The minimum absolute atomic E-state index is 0.0423. The van der Waals surface area contributed by atoms with E-state index in [-0.39, 0.29) is 98.0 Å². The molecule has 420 valence electrons. The summed E-state index contributed by atoms with van der Waals surface area (Å²) in [7, 11) is 0. The van der Waals surface area contributed by atoms with Crippen LogP contribution in [0.5, 0.6) is 11.8 Å². The number of aliphatic hydroxyl groups is 1. The van der Waals surface area contributed by atoms with Gasteiger partial charge in [0, 0.05) is 56.6 Å². The number of aromatic hydroxyl groups is 1. The molecule has 6 atom stereocenters. The zero-order valence-corrected chi connectivity index (χ0v) is 47.0. The summed E-state index contributed by atoms with van der Waals surface area (Å²) >= 11 is 8.51. The number of aromatic nitrogens is 3. The average molecular weight is 1130 g/mol. The number of ether oxygens (including phenoxy) is 2. The maximum absolute atomic E-state index is 17.2. The lowest BCUT2D eigenvalue weighted by Gasteiger charge is -2.41. The van der Waals surface area contributed by atoms with Crippen molar-refractivity contribution in [1.82, 2.24) is 40.3 Å². The number of β-amino-alcohol motifs (C(OH)–C–C–N with tert-alkyl or cyclic N) is 1. The highest BCUT2D eigenvalue weighted by Gasteiger charge is 2.45. The van der Waals surface area contributed by atoms with Crippen LogP contribution >= 0.6 is 22.9 Å². The van der Waals surface area contributed by atoms with Gasteiger partial charge in [0.15, 0.2) is 5.82 Å². The van der Waals surface area contributed by atoms with Crippen LogP contribution in [0.25, 0.3) is 43.2 Å². The second kappa shape index (κ2) is 24.6. The first kappa shape index (κ1) is 57.4. The Balaban J connectivity index is 0.814. The lowest BCUT2D eigenvalue weighted by molar-refractivity contribution is -0.144. The molecule has 0 bridgehead atoms. The number of hydrogen-bond donors (Lipinski definition) is 4. The molecule has 0 spiro atoms. The molecule has 6 aromatic rings. The first-order valence-corrected chi connectivity index (χ1v) is 28.1. The van der Waals surface area contributed by atoms with Crippen LogP contribution in [-0.4, -0.2) is 153 Å². The molecule has 4 amide bonds. The van der Waals surface area contributed by atoms with Crippen LogP contribution in [0, 0.1) is 35.4 Å². The number of carbonyl (C=O) groups excluding carboxylic acids is 4. The molecule has 80 heavy (non-hydrogen) atoms. The van der Waals surface area contributed by atoms with Crippen molar-refractivity contribution in [3.8, 4) is 39.4 Å². The van der Waals surface area contributed by atoms with Crippen LogP contribution in [0.4, 0.5) is 10.2 Å². The van der Waals surface area contributed by atoms with Crippen LogP contribution in [-0.2, 0) is 23.9 Å². The Morgan fingerprint density at radius 1 is 1.01 bits per heavy atom. The maximum Gasteiger partial charge on any atom is 0.319 e. The van der Waals surface area contributed by atoms with Gasteiger partial charge in [-0.1, -0.05) is 87.5 Å². The Kier molecular flexibility index (Phi) is 17.7. The number of benzene rings is 4. The zero-order chi connectivity index (χ0) is 57.0. The summed E-state index contributed by atoms with van der Waals surface area (Å²) in [5.41, 5.74) is 4.26. The van der Waals surface area contributed by atoms with Crippen LogP contribution in [0.3, 0.4) is 0 Å².